The molecule has 1 fully saturated rings. The van der Waals surface area contributed by atoms with Crippen molar-refractivity contribution < 1.29 is 9.90 Å². The number of carbonyl (C=O) groups is 1. The fourth-order valence-electron chi connectivity index (χ4n) is 3.24. The number of hydrogen-bond acceptors (Lipinski definition) is 6. The van der Waals surface area contributed by atoms with Gasteiger partial charge in [0, 0.05) is 38.7 Å². The number of imidazole rings is 1. The van der Waals surface area contributed by atoms with Crippen molar-refractivity contribution in [2.75, 3.05) is 18.0 Å². The number of rotatable bonds is 4. The van der Waals surface area contributed by atoms with Gasteiger partial charge in [-0.15, -0.1) is 0 Å². The zero-order chi connectivity index (χ0) is 17.3. The van der Waals surface area contributed by atoms with Crippen molar-refractivity contribution in [1.82, 2.24) is 19.5 Å². The Morgan fingerprint density at radius 3 is 2.58 bits per heavy atom. The maximum Gasteiger partial charge on any atom is 0.225 e. The quantitative estimate of drug-likeness (QED) is 0.859. The van der Waals surface area contributed by atoms with Gasteiger partial charge >= 0.3 is 0 Å². The molecule has 0 spiro atoms. The van der Waals surface area contributed by atoms with Gasteiger partial charge in [0.1, 0.15) is 11.9 Å². The molecule has 0 bridgehead atoms. The van der Waals surface area contributed by atoms with Gasteiger partial charge < -0.3 is 14.6 Å². The third-order valence-electron chi connectivity index (χ3n) is 4.74. The Morgan fingerprint density at radius 2 is 2.04 bits per heavy atom. The Hall–Kier alpha value is -2.28. The minimum Gasteiger partial charge on any atom is -0.385 e. The summed E-state index contributed by atoms with van der Waals surface area (Å²) in [6.07, 6.45) is 6.32. The Balaban J connectivity index is 1.66. The summed E-state index contributed by atoms with van der Waals surface area (Å²) in [5.74, 6) is 1.53. The second-order valence-electron chi connectivity index (χ2n) is 6.39. The van der Waals surface area contributed by atoms with Crippen LogP contribution in [0.3, 0.4) is 0 Å². The average molecular weight is 329 g/mol. The highest BCUT2D eigenvalue weighted by Gasteiger charge is 2.29. The normalized spacial score (nSPS) is 17.1. The molecule has 0 unspecified atom stereocenters. The lowest BCUT2D eigenvalue weighted by molar-refractivity contribution is 0.0823. The molecular weight excluding hydrogens is 306 g/mol. The van der Waals surface area contributed by atoms with Gasteiger partial charge in [0.15, 0.2) is 5.78 Å². The molecule has 7 heteroatoms. The number of anilines is 1. The first kappa shape index (κ1) is 16.6. The van der Waals surface area contributed by atoms with Crippen LogP contribution in [-0.4, -0.2) is 43.5 Å². The lowest BCUT2D eigenvalue weighted by Crippen LogP contribution is -2.37. The highest BCUT2D eigenvalue weighted by Crippen LogP contribution is 2.30. The molecule has 0 saturated carbocycles. The van der Waals surface area contributed by atoms with E-state index < -0.39 is 6.10 Å². The largest absolute Gasteiger partial charge is 0.385 e. The first-order chi connectivity index (χ1) is 11.5. The lowest BCUT2D eigenvalue weighted by Gasteiger charge is -2.34. The summed E-state index contributed by atoms with van der Waals surface area (Å²) in [4.78, 5) is 26.6. The molecule has 128 valence electrons. The zero-order valence-electron chi connectivity index (χ0n) is 14.3. The summed E-state index contributed by atoms with van der Waals surface area (Å²) in [6, 6.07) is 0. The van der Waals surface area contributed by atoms with Crippen LogP contribution in [0.15, 0.2) is 18.6 Å². The van der Waals surface area contributed by atoms with Gasteiger partial charge in [-0.2, -0.15) is 0 Å². The van der Waals surface area contributed by atoms with E-state index in [2.05, 4.69) is 19.9 Å². The predicted molar refractivity (Wildman–Crippen MR) is 89.9 cm³/mol. The van der Waals surface area contributed by atoms with Gasteiger partial charge in [-0.1, -0.05) is 0 Å². The van der Waals surface area contributed by atoms with Crippen LogP contribution in [0.5, 0.6) is 0 Å². The van der Waals surface area contributed by atoms with Crippen LogP contribution in [-0.2, 0) is 7.05 Å². The molecule has 24 heavy (non-hydrogen) atoms. The molecule has 3 heterocycles. The van der Waals surface area contributed by atoms with Crippen molar-refractivity contribution in [3.63, 3.8) is 0 Å². The van der Waals surface area contributed by atoms with E-state index in [9.17, 15) is 9.90 Å². The third kappa shape index (κ3) is 3.17. The molecule has 1 aliphatic heterocycles. The fourth-order valence-corrected chi connectivity index (χ4v) is 3.24. The van der Waals surface area contributed by atoms with Gasteiger partial charge in [0.05, 0.1) is 11.3 Å². The molecular formula is C17H23N5O2. The number of carbonyl (C=O) groups excluding carboxylic acids is 1. The van der Waals surface area contributed by atoms with E-state index in [0.29, 0.717) is 23.0 Å². The second kappa shape index (κ2) is 6.68. The highest BCUT2D eigenvalue weighted by atomic mass is 16.3. The van der Waals surface area contributed by atoms with Crippen LogP contribution < -0.4 is 4.90 Å². The van der Waals surface area contributed by atoms with E-state index in [-0.39, 0.29) is 11.7 Å². The summed E-state index contributed by atoms with van der Waals surface area (Å²) in [7, 11) is 1.90. The number of aromatic nitrogens is 4. The van der Waals surface area contributed by atoms with Crippen LogP contribution >= 0.6 is 0 Å². The Bertz CT molecular complexity index is 734. The topological polar surface area (TPSA) is 84.1 Å². The second-order valence-corrected chi connectivity index (χ2v) is 6.39. The zero-order valence-corrected chi connectivity index (χ0v) is 14.3. The van der Waals surface area contributed by atoms with Crippen molar-refractivity contribution in [3.05, 3.63) is 35.7 Å². The molecule has 1 saturated heterocycles. The summed E-state index contributed by atoms with van der Waals surface area (Å²) in [5, 5.41) is 10.5. The Morgan fingerprint density at radius 1 is 1.33 bits per heavy atom. The molecule has 1 aliphatic rings. The summed E-state index contributed by atoms with van der Waals surface area (Å²) in [6.45, 7) is 4.92. The smallest absolute Gasteiger partial charge is 0.225 e. The minimum atomic E-state index is -0.546. The number of ketones is 1. The summed E-state index contributed by atoms with van der Waals surface area (Å²) in [5.41, 5.74) is 1.28. The average Bonchev–Trinajstić information content (AvgIpc) is 3.00. The number of nitrogens with zero attached hydrogens (tertiary/aromatic N) is 5. The summed E-state index contributed by atoms with van der Waals surface area (Å²) < 4.78 is 1.87. The van der Waals surface area contributed by atoms with Crippen molar-refractivity contribution in [2.45, 2.75) is 32.8 Å². The SMILES string of the molecule is CC(=O)c1cnc(N2CCC([C@@H](O)c3nccn3C)CC2)nc1C. The molecule has 0 amide bonds. The van der Waals surface area contributed by atoms with Crippen LogP contribution in [0.4, 0.5) is 5.95 Å². The van der Waals surface area contributed by atoms with E-state index in [1.807, 2.05) is 24.7 Å². The minimum absolute atomic E-state index is 0.0176. The first-order valence-corrected chi connectivity index (χ1v) is 8.22. The van der Waals surface area contributed by atoms with Crippen LogP contribution in [0.25, 0.3) is 0 Å². The highest BCUT2D eigenvalue weighted by molar-refractivity contribution is 5.94. The molecule has 1 atom stereocenters. The Kier molecular flexibility index (Phi) is 4.62. The van der Waals surface area contributed by atoms with Gasteiger partial charge in [0.2, 0.25) is 5.95 Å². The molecule has 2 aromatic rings. The maximum absolute atomic E-state index is 11.5. The van der Waals surface area contributed by atoms with Crippen molar-refractivity contribution in [1.29, 1.82) is 0 Å². The van der Waals surface area contributed by atoms with E-state index in [1.165, 1.54) is 6.92 Å². The number of hydrogen-bond donors (Lipinski definition) is 1. The van der Waals surface area contributed by atoms with Crippen molar-refractivity contribution in [2.24, 2.45) is 13.0 Å². The molecule has 0 radical (unpaired) electrons. The van der Waals surface area contributed by atoms with E-state index in [0.717, 1.165) is 25.9 Å². The molecule has 3 rings (SSSR count). The first-order valence-electron chi connectivity index (χ1n) is 8.22. The van der Waals surface area contributed by atoms with Crippen molar-refractivity contribution in [3.8, 4) is 0 Å². The molecule has 7 nitrogen and oxygen atoms in total. The number of piperidine rings is 1. The molecule has 2 aromatic heterocycles. The number of aliphatic hydroxyl groups is 1. The molecule has 0 aliphatic carbocycles. The number of aryl methyl sites for hydroxylation is 2. The summed E-state index contributed by atoms with van der Waals surface area (Å²) >= 11 is 0. The van der Waals surface area contributed by atoms with Crippen molar-refractivity contribution >= 4 is 11.7 Å². The lowest BCUT2D eigenvalue weighted by atomic mass is 9.91. The van der Waals surface area contributed by atoms with Crippen LogP contribution in [0.1, 0.15) is 47.7 Å². The predicted octanol–water partition coefficient (Wildman–Crippen LogP) is 1.67. The van der Waals surface area contributed by atoms with E-state index in [1.54, 1.807) is 12.4 Å². The van der Waals surface area contributed by atoms with Gasteiger partial charge in [-0.25, -0.2) is 15.0 Å². The molecule has 1 N–H and O–H groups in total. The third-order valence-corrected chi connectivity index (χ3v) is 4.74. The van der Waals surface area contributed by atoms with E-state index >= 15 is 0 Å². The van der Waals surface area contributed by atoms with Gasteiger partial charge in [-0.05, 0) is 32.6 Å². The maximum atomic E-state index is 11.5. The molecule has 0 aromatic carbocycles. The Labute approximate surface area is 141 Å². The van der Waals surface area contributed by atoms with Crippen LogP contribution in [0.2, 0.25) is 0 Å². The standard InChI is InChI=1S/C17H23N5O2/c1-11-14(12(2)23)10-19-17(20-11)22-7-4-13(5-8-22)15(24)16-18-6-9-21(16)3/h6,9-10,13,15,24H,4-5,7-8H2,1-3H3/t15-/m1/s1. The van der Waals surface area contributed by atoms with Gasteiger partial charge in [0.25, 0.3) is 0 Å². The number of Topliss-reactive ketones (excluding diaryl/α,β-unsaturated/α-hetero) is 1. The monoisotopic (exact) mass is 329 g/mol. The van der Waals surface area contributed by atoms with E-state index in [4.69, 9.17) is 0 Å². The fraction of sp³-hybridized carbons (Fsp3) is 0.529. The number of aliphatic hydroxyl groups excluding tert-OH is 1. The van der Waals surface area contributed by atoms with Crippen LogP contribution in [0, 0.1) is 12.8 Å². The van der Waals surface area contributed by atoms with Gasteiger partial charge in [-0.3, -0.25) is 4.79 Å².